The molecule has 2 aromatic rings. The van der Waals surface area contributed by atoms with Gasteiger partial charge in [0.05, 0.1) is 5.69 Å². The molecule has 0 radical (unpaired) electrons. The first kappa shape index (κ1) is 12.5. The van der Waals surface area contributed by atoms with E-state index in [1.165, 1.54) is 20.3 Å². The van der Waals surface area contributed by atoms with Crippen LogP contribution in [0.1, 0.15) is 12.1 Å². The highest BCUT2D eigenvalue weighted by Crippen LogP contribution is 2.22. The fourth-order valence-electron chi connectivity index (χ4n) is 1.72. The zero-order chi connectivity index (χ0) is 13.1. The van der Waals surface area contributed by atoms with E-state index in [9.17, 15) is 4.39 Å². The number of hydrogen-bond donors (Lipinski definition) is 1. The Morgan fingerprint density at radius 3 is 2.67 bits per heavy atom. The van der Waals surface area contributed by atoms with Gasteiger partial charge in [-0.3, -0.25) is 4.57 Å². The lowest BCUT2D eigenvalue weighted by molar-refractivity contribution is -0.112. The van der Waals surface area contributed by atoms with Crippen molar-refractivity contribution < 1.29 is 13.9 Å². The maximum absolute atomic E-state index is 13.9. The number of benzene rings is 1. The molecule has 2 N–H and O–H groups in total. The Labute approximate surface area is 104 Å². The maximum Gasteiger partial charge on any atom is 0.217 e. The van der Waals surface area contributed by atoms with Crippen molar-refractivity contribution in [3.8, 4) is 5.69 Å². The molecule has 0 saturated heterocycles. The van der Waals surface area contributed by atoms with Gasteiger partial charge < -0.3 is 15.2 Å². The van der Waals surface area contributed by atoms with E-state index in [1.807, 2.05) is 0 Å². The second-order valence-corrected chi connectivity index (χ2v) is 3.67. The predicted molar refractivity (Wildman–Crippen MR) is 64.7 cm³/mol. The molecule has 0 aliphatic heterocycles. The van der Waals surface area contributed by atoms with Crippen LogP contribution in [0.2, 0.25) is 0 Å². The molecule has 0 bridgehead atoms. The van der Waals surface area contributed by atoms with Gasteiger partial charge in [0.2, 0.25) is 6.29 Å². The molecule has 1 aromatic carbocycles. The summed E-state index contributed by atoms with van der Waals surface area (Å²) in [4.78, 5) is 4.11. The van der Waals surface area contributed by atoms with E-state index in [0.717, 1.165) is 0 Å². The molecule has 5 nitrogen and oxygen atoms in total. The Morgan fingerprint density at radius 2 is 2.06 bits per heavy atom. The normalized spacial score (nSPS) is 11.1. The van der Waals surface area contributed by atoms with Gasteiger partial charge in [0.25, 0.3) is 0 Å². The molecule has 0 fully saturated rings. The Balaban J connectivity index is 2.48. The molecule has 2 rings (SSSR count). The van der Waals surface area contributed by atoms with E-state index in [-0.39, 0.29) is 0 Å². The van der Waals surface area contributed by atoms with Crippen molar-refractivity contribution in [3.63, 3.8) is 0 Å². The molecule has 0 unspecified atom stereocenters. The number of ether oxygens (including phenoxy) is 2. The summed E-state index contributed by atoms with van der Waals surface area (Å²) in [6, 6.07) is 4.46. The summed E-state index contributed by atoms with van der Waals surface area (Å²) < 4.78 is 25.7. The van der Waals surface area contributed by atoms with Gasteiger partial charge in [-0.25, -0.2) is 9.37 Å². The number of methoxy groups -OCH3 is 2. The molecule has 0 aliphatic rings. The monoisotopic (exact) mass is 251 g/mol. The van der Waals surface area contributed by atoms with E-state index in [0.29, 0.717) is 17.2 Å². The van der Waals surface area contributed by atoms with Crippen LogP contribution in [0, 0.1) is 5.82 Å². The van der Waals surface area contributed by atoms with Crippen molar-refractivity contribution in [1.29, 1.82) is 0 Å². The summed E-state index contributed by atoms with van der Waals surface area (Å²) in [6.45, 7) is 0. The van der Waals surface area contributed by atoms with Gasteiger partial charge in [-0.05, 0) is 18.2 Å². The second-order valence-electron chi connectivity index (χ2n) is 3.67. The summed E-state index contributed by atoms with van der Waals surface area (Å²) >= 11 is 0. The number of hydrogen-bond acceptors (Lipinski definition) is 4. The van der Waals surface area contributed by atoms with Crippen LogP contribution >= 0.6 is 0 Å². The first-order valence-corrected chi connectivity index (χ1v) is 5.31. The van der Waals surface area contributed by atoms with Gasteiger partial charge >= 0.3 is 0 Å². The highest BCUT2D eigenvalue weighted by molar-refractivity contribution is 5.46. The van der Waals surface area contributed by atoms with Gasteiger partial charge in [0.15, 0.2) is 5.82 Å². The second kappa shape index (κ2) is 5.16. The van der Waals surface area contributed by atoms with E-state index < -0.39 is 12.1 Å². The summed E-state index contributed by atoms with van der Waals surface area (Å²) in [6.07, 6.45) is 2.53. The van der Waals surface area contributed by atoms with E-state index >= 15 is 0 Å². The number of nitrogens with zero attached hydrogens (tertiary/aromatic N) is 2. The lowest BCUT2D eigenvalue weighted by atomic mass is 10.2. The summed E-state index contributed by atoms with van der Waals surface area (Å²) in [5.41, 5.74) is 6.23. The minimum Gasteiger partial charge on any atom is -0.399 e. The topological polar surface area (TPSA) is 62.3 Å². The summed E-state index contributed by atoms with van der Waals surface area (Å²) in [7, 11) is 2.99. The van der Waals surface area contributed by atoms with Gasteiger partial charge in [-0.1, -0.05) is 0 Å². The van der Waals surface area contributed by atoms with Gasteiger partial charge in [-0.2, -0.15) is 0 Å². The molecule has 0 spiro atoms. The SMILES string of the molecule is COC(OC)c1nccn1-c1ccc(N)cc1F. The minimum absolute atomic E-state index is 0.343. The highest BCUT2D eigenvalue weighted by Gasteiger charge is 2.18. The van der Waals surface area contributed by atoms with E-state index in [1.54, 1.807) is 29.1 Å². The van der Waals surface area contributed by atoms with Crippen LogP contribution in [-0.2, 0) is 9.47 Å². The average Bonchev–Trinajstić information content (AvgIpc) is 2.80. The van der Waals surface area contributed by atoms with Crippen molar-refractivity contribution in [2.45, 2.75) is 6.29 Å². The Kier molecular flexibility index (Phi) is 3.59. The maximum atomic E-state index is 13.9. The number of imidazole rings is 1. The van der Waals surface area contributed by atoms with Crippen molar-refractivity contribution >= 4 is 5.69 Å². The Bertz CT molecular complexity index is 538. The van der Waals surface area contributed by atoms with Crippen molar-refractivity contribution in [3.05, 3.63) is 42.2 Å². The lowest BCUT2D eigenvalue weighted by Crippen LogP contribution is -2.12. The molecule has 1 aromatic heterocycles. The molecular formula is C12H14FN3O2. The molecule has 0 amide bonds. The van der Waals surface area contributed by atoms with Crippen LogP contribution in [0.5, 0.6) is 0 Å². The van der Waals surface area contributed by atoms with Gasteiger partial charge in [-0.15, -0.1) is 0 Å². The molecular weight excluding hydrogens is 237 g/mol. The van der Waals surface area contributed by atoms with Crippen LogP contribution in [-0.4, -0.2) is 23.8 Å². The van der Waals surface area contributed by atoms with Crippen molar-refractivity contribution in [2.75, 3.05) is 20.0 Å². The molecule has 0 aliphatic carbocycles. The molecule has 0 atom stereocenters. The summed E-state index contributed by atoms with van der Waals surface area (Å²) in [5, 5.41) is 0. The smallest absolute Gasteiger partial charge is 0.217 e. The number of nitrogen functional groups attached to an aromatic ring is 1. The first-order valence-electron chi connectivity index (χ1n) is 5.31. The van der Waals surface area contributed by atoms with E-state index in [2.05, 4.69) is 4.98 Å². The van der Waals surface area contributed by atoms with Gasteiger partial charge in [0, 0.05) is 32.3 Å². The highest BCUT2D eigenvalue weighted by atomic mass is 19.1. The number of halogens is 1. The average molecular weight is 251 g/mol. The van der Waals surface area contributed by atoms with Crippen LogP contribution in [0.15, 0.2) is 30.6 Å². The summed E-state index contributed by atoms with van der Waals surface area (Å²) in [5.74, 6) is 0.0314. The Morgan fingerprint density at radius 1 is 1.33 bits per heavy atom. The zero-order valence-corrected chi connectivity index (χ0v) is 10.1. The lowest BCUT2D eigenvalue weighted by Gasteiger charge is -2.15. The number of anilines is 1. The number of nitrogens with two attached hydrogens (primary N) is 1. The molecule has 96 valence electrons. The fourth-order valence-corrected chi connectivity index (χ4v) is 1.72. The fraction of sp³-hybridized carbons (Fsp3) is 0.250. The van der Waals surface area contributed by atoms with Gasteiger partial charge in [0.1, 0.15) is 5.82 Å². The van der Waals surface area contributed by atoms with Crippen LogP contribution in [0.3, 0.4) is 0 Å². The third-order valence-corrected chi connectivity index (χ3v) is 2.54. The molecule has 18 heavy (non-hydrogen) atoms. The minimum atomic E-state index is -0.656. The molecule has 1 heterocycles. The third-order valence-electron chi connectivity index (χ3n) is 2.54. The third kappa shape index (κ3) is 2.20. The largest absolute Gasteiger partial charge is 0.399 e. The van der Waals surface area contributed by atoms with Crippen molar-refractivity contribution in [1.82, 2.24) is 9.55 Å². The molecule has 6 heteroatoms. The predicted octanol–water partition coefficient (Wildman–Crippen LogP) is 1.88. The zero-order valence-electron chi connectivity index (χ0n) is 10.1. The van der Waals surface area contributed by atoms with E-state index in [4.69, 9.17) is 15.2 Å². The number of rotatable bonds is 4. The standard InChI is InChI=1S/C12H14FN3O2/c1-17-12(18-2)11-15-5-6-16(11)10-4-3-8(14)7-9(10)13/h3-7,12H,14H2,1-2H3. The first-order chi connectivity index (χ1) is 8.67. The quantitative estimate of drug-likeness (QED) is 0.665. The van der Waals surface area contributed by atoms with Crippen LogP contribution < -0.4 is 5.73 Å². The number of aromatic nitrogens is 2. The Hall–Kier alpha value is -1.92. The molecule has 0 saturated carbocycles. The van der Waals surface area contributed by atoms with Crippen LogP contribution in [0.4, 0.5) is 10.1 Å². The van der Waals surface area contributed by atoms with Crippen LogP contribution in [0.25, 0.3) is 5.69 Å². The van der Waals surface area contributed by atoms with Crippen molar-refractivity contribution in [2.24, 2.45) is 0 Å².